The standard InChI is InChI=1S/C18H21NO/c1-14-9-10-17(11-15(14)2)18(20)13-19(3)12-16-7-5-4-6-8-16/h4-11H,12-13H2,1-3H3. The van der Waals surface area contributed by atoms with E-state index in [0.717, 1.165) is 12.1 Å². The molecule has 0 bridgehead atoms. The quantitative estimate of drug-likeness (QED) is 0.771. The Morgan fingerprint density at radius 2 is 1.70 bits per heavy atom. The fraction of sp³-hybridized carbons (Fsp3) is 0.278. The van der Waals surface area contributed by atoms with Gasteiger partial charge in [0.15, 0.2) is 5.78 Å². The van der Waals surface area contributed by atoms with E-state index in [2.05, 4.69) is 19.1 Å². The molecule has 20 heavy (non-hydrogen) atoms. The summed E-state index contributed by atoms with van der Waals surface area (Å²) in [5.74, 6) is 0.173. The predicted octanol–water partition coefficient (Wildman–Crippen LogP) is 3.62. The van der Waals surface area contributed by atoms with Crippen molar-refractivity contribution in [3.05, 3.63) is 70.8 Å². The van der Waals surface area contributed by atoms with Crippen LogP contribution in [0.1, 0.15) is 27.0 Å². The monoisotopic (exact) mass is 267 g/mol. The van der Waals surface area contributed by atoms with Gasteiger partial charge in [0.05, 0.1) is 6.54 Å². The number of hydrogen-bond donors (Lipinski definition) is 0. The van der Waals surface area contributed by atoms with E-state index in [9.17, 15) is 4.79 Å². The highest BCUT2D eigenvalue weighted by atomic mass is 16.1. The molecule has 2 aromatic carbocycles. The maximum atomic E-state index is 12.3. The lowest BCUT2D eigenvalue weighted by Gasteiger charge is -2.16. The smallest absolute Gasteiger partial charge is 0.176 e. The van der Waals surface area contributed by atoms with Crippen LogP contribution in [0.25, 0.3) is 0 Å². The zero-order chi connectivity index (χ0) is 14.5. The van der Waals surface area contributed by atoms with Crippen molar-refractivity contribution < 1.29 is 4.79 Å². The third-order valence-corrected chi connectivity index (χ3v) is 3.54. The van der Waals surface area contributed by atoms with Crippen LogP contribution >= 0.6 is 0 Å². The number of likely N-dealkylation sites (N-methyl/N-ethyl adjacent to an activating group) is 1. The van der Waals surface area contributed by atoms with E-state index < -0.39 is 0 Å². The first-order valence-electron chi connectivity index (χ1n) is 6.89. The third kappa shape index (κ3) is 3.78. The second kappa shape index (κ2) is 6.49. The molecule has 0 spiro atoms. The summed E-state index contributed by atoms with van der Waals surface area (Å²) < 4.78 is 0. The number of hydrogen-bond acceptors (Lipinski definition) is 2. The summed E-state index contributed by atoms with van der Waals surface area (Å²) in [6, 6.07) is 16.1. The van der Waals surface area contributed by atoms with E-state index in [1.165, 1.54) is 16.7 Å². The van der Waals surface area contributed by atoms with Gasteiger partial charge in [0, 0.05) is 12.1 Å². The third-order valence-electron chi connectivity index (χ3n) is 3.54. The highest BCUT2D eigenvalue weighted by Gasteiger charge is 2.10. The molecule has 0 aliphatic carbocycles. The first-order chi connectivity index (χ1) is 9.56. The van der Waals surface area contributed by atoms with Crippen molar-refractivity contribution in [2.24, 2.45) is 0 Å². The molecule has 104 valence electrons. The van der Waals surface area contributed by atoms with Crippen LogP contribution in [0.5, 0.6) is 0 Å². The van der Waals surface area contributed by atoms with Crippen LogP contribution in [-0.4, -0.2) is 24.3 Å². The number of aryl methyl sites for hydroxylation is 2. The molecule has 0 saturated heterocycles. The molecule has 0 saturated carbocycles. The summed E-state index contributed by atoms with van der Waals surface area (Å²) in [4.78, 5) is 14.3. The van der Waals surface area contributed by atoms with Crippen molar-refractivity contribution in [1.82, 2.24) is 4.90 Å². The predicted molar refractivity (Wildman–Crippen MR) is 83.0 cm³/mol. The van der Waals surface area contributed by atoms with Gasteiger partial charge in [-0.25, -0.2) is 0 Å². The second-order valence-corrected chi connectivity index (χ2v) is 5.38. The number of carbonyl (C=O) groups excluding carboxylic acids is 1. The van der Waals surface area contributed by atoms with Gasteiger partial charge >= 0.3 is 0 Å². The molecule has 2 heteroatoms. The Bertz CT molecular complexity index is 590. The number of Topliss-reactive ketones (excluding diaryl/α,β-unsaturated/α-hetero) is 1. The first kappa shape index (κ1) is 14.5. The van der Waals surface area contributed by atoms with E-state index in [4.69, 9.17) is 0 Å². The van der Waals surface area contributed by atoms with E-state index in [1.54, 1.807) is 0 Å². The first-order valence-corrected chi connectivity index (χ1v) is 6.89. The average molecular weight is 267 g/mol. The average Bonchev–Trinajstić information content (AvgIpc) is 2.42. The molecule has 0 aliphatic rings. The minimum atomic E-state index is 0.173. The Labute approximate surface area is 121 Å². The largest absolute Gasteiger partial charge is 0.295 e. The lowest BCUT2D eigenvalue weighted by molar-refractivity contribution is 0.0943. The molecule has 0 aromatic heterocycles. The summed E-state index contributed by atoms with van der Waals surface area (Å²) in [5.41, 5.74) is 4.41. The minimum absolute atomic E-state index is 0.173. The number of nitrogens with zero attached hydrogens (tertiary/aromatic N) is 1. The van der Waals surface area contributed by atoms with Gasteiger partial charge in [0.1, 0.15) is 0 Å². The summed E-state index contributed by atoms with van der Waals surface area (Å²) in [7, 11) is 1.98. The maximum absolute atomic E-state index is 12.3. The molecule has 0 amide bonds. The summed E-state index contributed by atoms with van der Waals surface area (Å²) in [6.07, 6.45) is 0. The van der Waals surface area contributed by atoms with Crippen LogP contribution in [0, 0.1) is 13.8 Å². The Hall–Kier alpha value is -1.93. The second-order valence-electron chi connectivity index (χ2n) is 5.38. The van der Waals surface area contributed by atoms with Crippen molar-refractivity contribution in [3.8, 4) is 0 Å². The van der Waals surface area contributed by atoms with Crippen LogP contribution in [0.2, 0.25) is 0 Å². The Morgan fingerprint density at radius 3 is 2.35 bits per heavy atom. The van der Waals surface area contributed by atoms with Crippen molar-refractivity contribution in [3.63, 3.8) is 0 Å². The SMILES string of the molecule is Cc1ccc(C(=O)CN(C)Cc2ccccc2)cc1C. The van der Waals surface area contributed by atoms with Crippen LogP contribution in [0.4, 0.5) is 0 Å². The zero-order valence-electron chi connectivity index (χ0n) is 12.4. The summed E-state index contributed by atoms with van der Waals surface area (Å²) >= 11 is 0. The molecule has 2 aromatic rings. The molecule has 0 fully saturated rings. The van der Waals surface area contributed by atoms with Crippen molar-refractivity contribution in [2.75, 3.05) is 13.6 Å². The van der Waals surface area contributed by atoms with Crippen molar-refractivity contribution >= 4 is 5.78 Å². The number of ketones is 1. The van der Waals surface area contributed by atoms with Gasteiger partial charge in [0.2, 0.25) is 0 Å². The molecule has 2 nitrogen and oxygen atoms in total. The van der Waals surface area contributed by atoms with E-state index in [0.29, 0.717) is 6.54 Å². The molecular formula is C18H21NO. The van der Waals surface area contributed by atoms with Crippen molar-refractivity contribution in [1.29, 1.82) is 0 Å². The Balaban J connectivity index is 1.98. The minimum Gasteiger partial charge on any atom is -0.295 e. The van der Waals surface area contributed by atoms with Gasteiger partial charge in [-0.15, -0.1) is 0 Å². The molecule has 0 unspecified atom stereocenters. The topological polar surface area (TPSA) is 20.3 Å². The zero-order valence-corrected chi connectivity index (χ0v) is 12.4. The highest BCUT2D eigenvalue weighted by Crippen LogP contribution is 2.11. The van der Waals surface area contributed by atoms with Gasteiger partial charge < -0.3 is 0 Å². The lowest BCUT2D eigenvalue weighted by atomic mass is 10.0. The Morgan fingerprint density at radius 1 is 1.00 bits per heavy atom. The van der Waals surface area contributed by atoms with Crippen LogP contribution in [0.15, 0.2) is 48.5 Å². The van der Waals surface area contributed by atoms with Gasteiger partial charge in [-0.2, -0.15) is 0 Å². The molecule has 0 heterocycles. The van der Waals surface area contributed by atoms with E-state index in [-0.39, 0.29) is 5.78 Å². The molecule has 2 rings (SSSR count). The van der Waals surface area contributed by atoms with Gasteiger partial charge in [-0.05, 0) is 43.7 Å². The van der Waals surface area contributed by atoms with Crippen LogP contribution in [0.3, 0.4) is 0 Å². The van der Waals surface area contributed by atoms with Gasteiger partial charge in [-0.1, -0.05) is 42.5 Å². The number of carbonyl (C=O) groups is 1. The highest BCUT2D eigenvalue weighted by molar-refractivity contribution is 5.97. The normalized spacial score (nSPS) is 10.8. The maximum Gasteiger partial charge on any atom is 0.176 e. The van der Waals surface area contributed by atoms with Gasteiger partial charge in [0.25, 0.3) is 0 Å². The van der Waals surface area contributed by atoms with Crippen molar-refractivity contribution in [2.45, 2.75) is 20.4 Å². The molecular weight excluding hydrogens is 246 g/mol. The Kier molecular flexibility index (Phi) is 4.70. The number of rotatable bonds is 5. The summed E-state index contributed by atoms with van der Waals surface area (Å²) in [5, 5.41) is 0. The molecule has 0 N–H and O–H groups in total. The fourth-order valence-electron chi connectivity index (χ4n) is 2.20. The molecule has 0 atom stereocenters. The van der Waals surface area contributed by atoms with Crippen LogP contribution < -0.4 is 0 Å². The van der Waals surface area contributed by atoms with Crippen LogP contribution in [-0.2, 0) is 6.54 Å². The molecule has 0 radical (unpaired) electrons. The van der Waals surface area contributed by atoms with Gasteiger partial charge in [-0.3, -0.25) is 9.69 Å². The van der Waals surface area contributed by atoms with E-state index in [1.807, 2.05) is 55.3 Å². The lowest BCUT2D eigenvalue weighted by Crippen LogP contribution is -2.25. The van der Waals surface area contributed by atoms with E-state index >= 15 is 0 Å². The summed E-state index contributed by atoms with van der Waals surface area (Å²) in [6.45, 7) is 5.33. The molecule has 0 aliphatic heterocycles. The fourth-order valence-corrected chi connectivity index (χ4v) is 2.20. The number of benzene rings is 2.